The summed E-state index contributed by atoms with van der Waals surface area (Å²) in [6.45, 7) is 2.04. The average Bonchev–Trinajstić information content (AvgIpc) is 3.37. The minimum atomic E-state index is -0.510. The molecule has 27 heavy (non-hydrogen) atoms. The third kappa shape index (κ3) is 2.78. The maximum absolute atomic E-state index is 12.6. The predicted octanol–water partition coefficient (Wildman–Crippen LogP) is 4.54. The summed E-state index contributed by atoms with van der Waals surface area (Å²) in [5, 5.41) is 6.59. The molecule has 6 heteroatoms. The van der Waals surface area contributed by atoms with E-state index < -0.39 is 6.10 Å². The van der Waals surface area contributed by atoms with Gasteiger partial charge in [0.1, 0.15) is 5.75 Å². The zero-order valence-corrected chi connectivity index (χ0v) is 15.5. The normalized spacial score (nSPS) is 15.5. The number of anilines is 1. The Morgan fingerprint density at radius 3 is 2.93 bits per heavy atom. The van der Waals surface area contributed by atoms with E-state index in [9.17, 15) is 4.79 Å². The number of hydrogen-bond acceptors (Lipinski definition) is 4. The van der Waals surface area contributed by atoms with Crippen molar-refractivity contribution in [1.29, 1.82) is 0 Å². The van der Waals surface area contributed by atoms with Gasteiger partial charge in [-0.3, -0.25) is 10.1 Å². The van der Waals surface area contributed by atoms with Crippen LogP contribution < -0.4 is 10.1 Å². The van der Waals surface area contributed by atoms with Crippen molar-refractivity contribution in [1.82, 2.24) is 9.97 Å². The van der Waals surface area contributed by atoms with Crippen LogP contribution in [-0.4, -0.2) is 22.0 Å². The van der Waals surface area contributed by atoms with Gasteiger partial charge in [0.25, 0.3) is 5.91 Å². The van der Waals surface area contributed by atoms with Gasteiger partial charge in [-0.05, 0) is 24.6 Å². The summed E-state index contributed by atoms with van der Waals surface area (Å²) in [7, 11) is 0. The molecule has 134 valence electrons. The van der Waals surface area contributed by atoms with Crippen molar-refractivity contribution in [2.75, 3.05) is 5.32 Å². The zero-order valence-electron chi connectivity index (χ0n) is 14.7. The highest BCUT2D eigenvalue weighted by molar-refractivity contribution is 7.14. The van der Waals surface area contributed by atoms with Crippen LogP contribution in [0.25, 0.3) is 22.2 Å². The molecule has 0 aliphatic carbocycles. The van der Waals surface area contributed by atoms with Crippen LogP contribution in [0.5, 0.6) is 5.75 Å². The van der Waals surface area contributed by atoms with E-state index in [-0.39, 0.29) is 5.91 Å². The lowest BCUT2D eigenvalue weighted by molar-refractivity contribution is -0.122. The first-order valence-corrected chi connectivity index (χ1v) is 9.65. The van der Waals surface area contributed by atoms with Gasteiger partial charge >= 0.3 is 0 Å². The number of nitrogens with zero attached hydrogens (tertiary/aromatic N) is 1. The number of carbonyl (C=O) groups is 1. The first-order chi connectivity index (χ1) is 13.2. The number of rotatable bonds is 3. The molecule has 0 fully saturated rings. The van der Waals surface area contributed by atoms with Gasteiger partial charge in [-0.25, -0.2) is 4.98 Å². The smallest absolute Gasteiger partial charge is 0.267 e. The number of benzene rings is 2. The fourth-order valence-electron chi connectivity index (χ4n) is 3.57. The maximum Gasteiger partial charge on any atom is 0.267 e. The minimum Gasteiger partial charge on any atom is -0.480 e. The van der Waals surface area contributed by atoms with E-state index >= 15 is 0 Å². The Bertz CT molecular complexity index is 1140. The van der Waals surface area contributed by atoms with Crippen LogP contribution >= 0.6 is 11.3 Å². The third-order valence-corrected chi connectivity index (χ3v) is 5.58. The first kappa shape index (κ1) is 16.1. The van der Waals surface area contributed by atoms with Crippen LogP contribution in [0.2, 0.25) is 0 Å². The lowest BCUT2D eigenvalue weighted by atomic mass is 10.1. The molecule has 2 aromatic carbocycles. The molecule has 0 bridgehead atoms. The molecule has 0 spiro atoms. The Morgan fingerprint density at radius 2 is 2.04 bits per heavy atom. The van der Waals surface area contributed by atoms with Crippen molar-refractivity contribution < 1.29 is 9.53 Å². The van der Waals surface area contributed by atoms with Gasteiger partial charge in [0.15, 0.2) is 11.2 Å². The summed E-state index contributed by atoms with van der Waals surface area (Å²) in [6, 6.07) is 15.9. The van der Waals surface area contributed by atoms with Crippen LogP contribution in [0.4, 0.5) is 5.13 Å². The van der Waals surface area contributed by atoms with E-state index in [1.165, 1.54) is 11.3 Å². The highest BCUT2D eigenvalue weighted by atomic mass is 32.1. The predicted molar refractivity (Wildman–Crippen MR) is 107 cm³/mol. The molecule has 2 aromatic heterocycles. The Morgan fingerprint density at radius 1 is 1.22 bits per heavy atom. The zero-order chi connectivity index (χ0) is 18.4. The van der Waals surface area contributed by atoms with E-state index in [1.807, 2.05) is 48.7 Å². The second-order valence-corrected chi connectivity index (χ2v) is 7.47. The van der Waals surface area contributed by atoms with Gasteiger partial charge in [0, 0.05) is 34.0 Å². The number of carbonyl (C=O) groups excluding carboxylic acids is 1. The minimum absolute atomic E-state index is 0.164. The van der Waals surface area contributed by atoms with E-state index in [0.29, 0.717) is 11.6 Å². The van der Waals surface area contributed by atoms with Gasteiger partial charge in [0.05, 0.1) is 5.69 Å². The van der Waals surface area contributed by atoms with Crippen LogP contribution in [0.1, 0.15) is 11.3 Å². The number of H-pyrrole nitrogens is 1. The molecule has 0 saturated carbocycles. The van der Waals surface area contributed by atoms with Crippen molar-refractivity contribution in [3.05, 3.63) is 65.2 Å². The molecule has 5 nitrogen and oxygen atoms in total. The molecular weight excluding hydrogens is 358 g/mol. The number of ether oxygens (including phenoxy) is 1. The van der Waals surface area contributed by atoms with Crippen molar-refractivity contribution in [3.63, 3.8) is 0 Å². The number of aryl methyl sites for hydroxylation is 1. The molecule has 1 aliphatic rings. The van der Waals surface area contributed by atoms with Crippen LogP contribution in [0.3, 0.4) is 0 Å². The number of aromatic nitrogens is 2. The molecule has 1 atom stereocenters. The highest BCUT2D eigenvalue weighted by Gasteiger charge is 2.29. The summed E-state index contributed by atoms with van der Waals surface area (Å²) in [4.78, 5) is 20.6. The molecular formula is C21H17N3O2S. The quantitative estimate of drug-likeness (QED) is 0.552. The van der Waals surface area contributed by atoms with Gasteiger partial charge < -0.3 is 9.72 Å². The number of hydrogen-bond donors (Lipinski definition) is 2. The molecule has 1 aliphatic heterocycles. The van der Waals surface area contributed by atoms with E-state index in [4.69, 9.17) is 4.74 Å². The molecule has 0 radical (unpaired) electrons. The first-order valence-electron chi connectivity index (χ1n) is 8.77. The largest absolute Gasteiger partial charge is 0.480 e. The van der Waals surface area contributed by atoms with E-state index in [2.05, 4.69) is 27.4 Å². The Hall–Kier alpha value is -3.12. The second kappa shape index (κ2) is 6.25. The summed E-state index contributed by atoms with van der Waals surface area (Å²) in [6.07, 6.45) is 0.0755. The van der Waals surface area contributed by atoms with Crippen molar-refractivity contribution in [2.45, 2.75) is 19.4 Å². The maximum atomic E-state index is 12.6. The number of amides is 1. The van der Waals surface area contributed by atoms with Crippen molar-refractivity contribution in [2.24, 2.45) is 0 Å². The molecule has 4 aromatic rings. The van der Waals surface area contributed by atoms with Crippen molar-refractivity contribution in [3.8, 4) is 17.0 Å². The number of fused-ring (bicyclic) bond motifs is 2. The molecule has 2 N–H and O–H groups in total. The van der Waals surface area contributed by atoms with Gasteiger partial charge in [-0.2, -0.15) is 0 Å². The number of para-hydroxylation sites is 2. The van der Waals surface area contributed by atoms with Crippen LogP contribution in [-0.2, 0) is 11.2 Å². The van der Waals surface area contributed by atoms with Gasteiger partial charge in [-0.15, -0.1) is 11.3 Å². The summed E-state index contributed by atoms with van der Waals surface area (Å²) in [5.41, 5.74) is 5.15. The lowest BCUT2D eigenvalue weighted by Crippen LogP contribution is -2.31. The van der Waals surface area contributed by atoms with Gasteiger partial charge in [-0.1, -0.05) is 36.4 Å². The van der Waals surface area contributed by atoms with E-state index in [0.717, 1.165) is 39.2 Å². The topological polar surface area (TPSA) is 67.0 Å². The number of aromatic amines is 1. The van der Waals surface area contributed by atoms with Crippen molar-refractivity contribution >= 4 is 33.3 Å². The fourth-order valence-corrected chi connectivity index (χ4v) is 4.27. The average molecular weight is 375 g/mol. The Kier molecular flexibility index (Phi) is 3.72. The monoisotopic (exact) mass is 375 g/mol. The van der Waals surface area contributed by atoms with Crippen LogP contribution in [0, 0.1) is 6.92 Å². The molecule has 3 heterocycles. The second-order valence-electron chi connectivity index (χ2n) is 6.62. The fraction of sp³-hybridized carbons (Fsp3) is 0.143. The number of nitrogens with one attached hydrogen (secondary N) is 2. The standard InChI is InChI=1S/C21H17N3O2S/c1-12-19(14-7-3-4-8-15(14)22-12)16-11-27-21(23-16)24-20(25)18-10-13-6-2-5-9-17(13)26-18/h2-9,11,18,22H,10H2,1H3,(H,23,24,25)/t18-/m0/s1. The summed E-state index contributed by atoms with van der Waals surface area (Å²) in [5.74, 6) is 0.620. The Balaban J connectivity index is 1.37. The van der Waals surface area contributed by atoms with Gasteiger partial charge in [0.2, 0.25) is 0 Å². The summed E-state index contributed by atoms with van der Waals surface area (Å²) >= 11 is 1.42. The SMILES string of the molecule is Cc1[nH]c2ccccc2c1-c1csc(NC(=O)[C@@H]2Cc3ccccc3O2)n1. The molecule has 5 rings (SSSR count). The molecule has 1 amide bonds. The Labute approximate surface area is 160 Å². The third-order valence-electron chi connectivity index (χ3n) is 4.82. The lowest BCUT2D eigenvalue weighted by Gasteiger charge is -2.09. The highest BCUT2D eigenvalue weighted by Crippen LogP contribution is 2.34. The summed E-state index contributed by atoms with van der Waals surface area (Å²) < 4.78 is 5.76. The van der Waals surface area contributed by atoms with E-state index in [1.54, 1.807) is 0 Å². The van der Waals surface area contributed by atoms with Crippen LogP contribution in [0.15, 0.2) is 53.9 Å². The molecule has 0 unspecified atom stereocenters. The number of thiazole rings is 1. The molecule has 0 saturated heterocycles.